The molecule has 0 unspecified atom stereocenters. The first kappa shape index (κ1) is 48.7. The first-order valence-corrected chi connectivity index (χ1v) is 22.5. The summed E-state index contributed by atoms with van der Waals surface area (Å²) in [5, 5.41) is 0. The Kier molecular flexibility index (Phi) is 24.1. The van der Waals surface area contributed by atoms with Crippen molar-refractivity contribution in [1.29, 1.82) is 0 Å². The maximum absolute atomic E-state index is 11.7. The number of para-hydroxylation sites is 4. The van der Waals surface area contributed by atoms with E-state index in [2.05, 4.69) is 13.8 Å². The Morgan fingerprint density at radius 1 is 0.418 bits per heavy atom. The van der Waals surface area contributed by atoms with Gasteiger partial charge in [-0.05, 0) is 73.2 Å². The molecule has 4 rings (SSSR count). The van der Waals surface area contributed by atoms with Crippen LogP contribution in [0.15, 0.2) is 107 Å². The minimum atomic E-state index is -4.60. The Morgan fingerprint density at radius 3 is 1.04 bits per heavy atom. The van der Waals surface area contributed by atoms with E-state index in [1.54, 1.807) is 36.4 Å². The van der Waals surface area contributed by atoms with E-state index in [0.717, 1.165) is 36.8 Å². The Bertz CT molecular complexity index is 1710. The van der Waals surface area contributed by atoms with Crippen LogP contribution in [-0.4, -0.2) is 63.7 Å². The molecule has 0 bridgehead atoms. The third-order valence-corrected chi connectivity index (χ3v) is 10.9. The summed E-state index contributed by atoms with van der Waals surface area (Å²) in [5.41, 5.74) is 1.53. The van der Waals surface area contributed by atoms with Gasteiger partial charge in [-0.2, -0.15) is 0 Å². The second kappa shape index (κ2) is 27.2. The van der Waals surface area contributed by atoms with Crippen LogP contribution in [0.5, 0.6) is 23.0 Å². The summed E-state index contributed by atoms with van der Waals surface area (Å²) in [6.45, 7) is 4.43. The first-order chi connectivity index (χ1) is 26.0. The van der Waals surface area contributed by atoms with Crippen LogP contribution in [0.25, 0.3) is 0 Å². The van der Waals surface area contributed by atoms with Crippen molar-refractivity contribution in [3.8, 4) is 23.0 Å². The van der Waals surface area contributed by atoms with Crippen LogP contribution in [0.1, 0.15) is 128 Å². The van der Waals surface area contributed by atoms with Crippen LogP contribution < -0.4 is 9.47 Å². The average Bonchev–Trinajstić information content (AvgIpc) is 3.15. The van der Waals surface area contributed by atoms with Gasteiger partial charge in [-0.15, -0.1) is 0 Å². The van der Waals surface area contributed by atoms with Gasteiger partial charge in [0.25, 0.3) is 0 Å². The Hall–Kier alpha value is -2.44. The van der Waals surface area contributed by atoms with Gasteiger partial charge in [0.05, 0.1) is 9.79 Å². The van der Waals surface area contributed by atoms with E-state index in [0.29, 0.717) is 24.3 Å². The molecular weight excluding hydrogens is 761 g/mol. The summed E-state index contributed by atoms with van der Waals surface area (Å²) in [5.74, 6) is 1.37. The summed E-state index contributed by atoms with van der Waals surface area (Å²) < 4.78 is 81.6. The number of unbranched alkanes of at least 4 members (excludes halogenated alkanes) is 14. The standard InChI is InChI=1S/2C22H30O4S.Ca/c2*1-2-3-4-5-6-7-8-10-14-19-15-13-18-21(27(23,24)25)22(19)26-20-16-11-9-12-17-20;/h2*9,11-13,15-18H,2-8,10,14H2,1H3,(H,23,24,25);/q;;+2/p-2. The number of hydrogen-bond donors (Lipinski definition) is 0. The van der Waals surface area contributed by atoms with Crippen molar-refractivity contribution in [2.75, 3.05) is 0 Å². The Labute approximate surface area is 361 Å². The predicted molar refractivity (Wildman–Crippen MR) is 220 cm³/mol. The Balaban J connectivity index is 0.000000373. The van der Waals surface area contributed by atoms with Crippen molar-refractivity contribution < 1.29 is 35.4 Å². The van der Waals surface area contributed by atoms with Crippen LogP contribution in [0, 0.1) is 0 Å². The van der Waals surface area contributed by atoms with Gasteiger partial charge in [-0.1, -0.05) is 164 Å². The number of aryl methyl sites for hydroxylation is 2. The molecule has 0 saturated heterocycles. The molecule has 55 heavy (non-hydrogen) atoms. The zero-order valence-electron chi connectivity index (χ0n) is 32.8. The molecular formula is C44H58CaO8S2. The molecule has 0 spiro atoms. The van der Waals surface area contributed by atoms with E-state index in [9.17, 15) is 25.9 Å². The molecule has 296 valence electrons. The van der Waals surface area contributed by atoms with Gasteiger partial charge in [-0.25, -0.2) is 16.8 Å². The maximum atomic E-state index is 11.7. The second-order valence-corrected chi connectivity index (χ2v) is 16.4. The topological polar surface area (TPSA) is 133 Å². The summed E-state index contributed by atoms with van der Waals surface area (Å²) in [6, 6.07) is 27.5. The van der Waals surface area contributed by atoms with Crippen LogP contribution >= 0.6 is 0 Å². The minimum Gasteiger partial charge on any atom is -0.744 e. The molecule has 0 atom stereocenters. The van der Waals surface area contributed by atoms with Gasteiger partial charge in [-0.3, -0.25) is 0 Å². The number of rotatable bonds is 24. The van der Waals surface area contributed by atoms with Crippen LogP contribution in [0.2, 0.25) is 0 Å². The molecule has 0 N–H and O–H groups in total. The van der Waals surface area contributed by atoms with Gasteiger partial charge in [0.1, 0.15) is 43.2 Å². The average molecular weight is 819 g/mol. The molecule has 4 aromatic carbocycles. The molecule has 0 radical (unpaired) electrons. The van der Waals surface area contributed by atoms with E-state index in [1.165, 1.54) is 89.2 Å². The SMILES string of the molecule is CCCCCCCCCCc1cccc(S(=O)(=O)[O-])c1Oc1ccccc1.CCCCCCCCCCc1cccc(S(=O)(=O)[O-])c1Oc1ccccc1.[Ca+2]. The third kappa shape index (κ3) is 19.0. The van der Waals surface area contributed by atoms with Crippen molar-refractivity contribution in [1.82, 2.24) is 0 Å². The monoisotopic (exact) mass is 818 g/mol. The second-order valence-electron chi connectivity index (χ2n) is 13.7. The van der Waals surface area contributed by atoms with E-state index in [1.807, 2.05) is 48.5 Å². The van der Waals surface area contributed by atoms with Crippen molar-refractivity contribution in [3.63, 3.8) is 0 Å². The van der Waals surface area contributed by atoms with Crippen molar-refractivity contribution in [2.45, 2.75) is 139 Å². The summed E-state index contributed by atoms with van der Waals surface area (Å²) in [7, 11) is -9.20. The van der Waals surface area contributed by atoms with Crippen LogP contribution in [0.4, 0.5) is 0 Å². The normalized spacial score (nSPS) is 11.3. The van der Waals surface area contributed by atoms with E-state index < -0.39 is 20.2 Å². The molecule has 0 fully saturated rings. The Morgan fingerprint density at radius 2 is 0.727 bits per heavy atom. The van der Waals surface area contributed by atoms with Crippen molar-refractivity contribution >= 4 is 58.0 Å². The zero-order valence-corrected chi connectivity index (χ0v) is 36.6. The molecule has 4 aromatic rings. The molecule has 0 heterocycles. The summed E-state index contributed by atoms with van der Waals surface area (Å²) >= 11 is 0. The number of hydrogen-bond acceptors (Lipinski definition) is 8. The van der Waals surface area contributed by atoms with Crippen molar-refractivity contribution in [3.05, 3.63) is 108 Å². The van der Waals surface area contributed by atoms with Crippen LogP contribution in [-0.2, 0) is 33.1 Å². The minimum absolute atomic E-state index is 0. The fourth-order valence-corrected chi connectivity index (χ4v) is 7.54. The summed E-state index contributed by atoms with van der Waals surface area (Å²) in [4.78, 5) is -0.577. The third-order valence-electron chi connectivity index (χ3n) is 9.19. The van der Waals surface area contributed by atoms with Gasteiger partial charge >= 0.3 is 37.7 Å². The molecule has 0 saturated carbocycles. The van der Waals surface area contributed by atoms with Gasteiger partial charge in [0, 0.05) is 0 Å². The number of benzene rings is 4. The van der Waals surface area contributed by atoms with Gasteiger partial charge in [0.2, 0.25) is 0 Å². The molecule has 0 aromatic heterocycles. The first-order valence-electron chi connectivity index (χ1n) is 19.7. The molecule has 0 amide bonds. The van der Waals surface area contributed by atoms with Gasteiger partial charge < -0.3 is 18.6 Å². The summed E-state index contributed by atoms with van der Waals surface area (Å²) in [6.07, 6.45) is 20.6. The predicted octanol–water partition coefficient (Wildman–Crippen LogP) is 11.8. The van der Waals surface area contributed by atoms with E-state index >= 15 is 0 Å². The van der Waals surface area contributed by atoms with Crippen LogP contribution in [0.3, 0.4) is 0 Å². The quantitative estimate of drug-likeness (QED) is 0.0388. The molecule has 8 nitrogen and oxygen atoms in total. The van der Waals surface area contributed by atoms with Crippen molar-refractivity contribution in [2.24, 2.45) is 0 Å². The molecule has 11 heteroatoms. The largest absolute Gasteiger partial charge is 2.00 e. The van der Waals surface area contributed by atoms with E-state index in [-0.39, 0.29) is 59.0 Å². The van der Waals surface area contributed by atoms with Gasteiger partial charge in [0.15, 0.2) is 0 Å². The maximum Gasteiger partial charge on any atom is 2.00 e. The zero-order chi connectivity index (χ0) is 39.1. The molecule has 0 aliphatic heterocycles. The molecule has 0 aliphatic carbocycles. The smallest absolute Gasteiger partial charge is 0.744 e. The number of ether oxygens (including phenoxy) is 2. The fraction of sp³-hybridized carbons (Fsp3) is 0.455. The van der Waals surface area contributed by atoms with E-state index in [4.69, 9.17) is 9.47 Å². The fourth-order valence-electron chi connectivity index (χ4n) is 6.25. The molecule has 0 aliphatic rings.